The highest BCUT2D eigenvalue weighted by molar-refractivity contribution is 5.72. The average Bonchev–Trinajstić information content (AvgIpc) is 3.25. The Morgan fingerprint density at radius 2 is 1.80 bits per heavy atom. The standard InChI is InChI=1S/C24H21F2N5O4/c25-19-10-9-17(12-20(19)26)29-22-21(23(32)30(24(29)33)16-6-2-1-3-7-16)28(14-27-22)13-15-5-4-8-18(11-15)31(34)35/h4-5,8-12,14,16H,1-3,6-7,13H2. The molecule has 4 aromatic rings. The molecule has 1 aliphatic rings. The predicted molar refractivity (Wildman–Crippen MR) is 124 cm³/mol. The predicted octanol–water partition coefficient (Wildman–Crippen LogP) is 4.09. The molecular formula is C24H21F2N5O4. The molecule has 0 aliphatic heterocycles. The molecule has 0 unspecified atom stereocenters. The Kier molecular flexibility index (Phi) is 5.75. The van der Waals surface area contributed by atoms with E-state index in [9.17, 15) is 28.5 Å². The molecule has 0 N–H and O–H groups in total. The van der Waals surface area contributed by atoms with E-state index in [-0.39, 0.29) is 35.1 Å². The Labute approximate surface area is 197 Å². The summed E-state index contributed by atoms with van der Waals surface area (Å²) in [6, 6.07) is 8.74. The van der Waals surface area contributed by atoms with Crippen molar-refractivity contribution in [1.82, 2.24) is 18.7 Å². The number of imidazole rings is 1. The molecule has 1 fully saturated rings. The molecule has 35 heavy (non-hydrogen) atoms. The van der Waals surface area contributed by atoms with Crippen LogP contribution in [0, 0.1) is 21.7 Å². The van der Waals surface area contributed by atoms with Crippen LogP contribution >= 0.6 is 0 Å². The molecule has 2 aromatic carbocycles. The van der Waals surface area contributed by atoms with Gasteiger partial charge in [-0.05, 0) is 30.5 Å². The first-order valence-corrected chi connectivity index (χ1v) is 11.3. The van der Waals surface area contributed by atoms with Gasteiger partial charge in [0.25, 0.3) is 11.2 Å². The van der Waals surface area contributed by atoms with Gasteiger partial charge < -0.3 is 4.57 Å². The molecular weight excluding hydrogens is 460 g/mol. The third-order valence-electron chi connectivity index (χ3n) is 6.42. The van der Waals surface area contributed by atoms with E-state index < -0.39 is 27.8 Å². The van der Waals surface area contributed by atoms with Gasteiger partial charge >= 0.3 is 5.69 Å². The summed E-state index contributed by atoms with van der Waals surface area (Å²) in [5.74, 6) is -2.19. The second-order valence-electron chi connectivity index (χ2n) is 8.66. The van der Waals surface area contributed by atoms with Crippen molar-refractivity contribution < 1.29 is 13.7 Å². The summed E-state index contributed by atoms with van der Waals surface area (Å²) in [6.07, 6.45) is 5.41. The second kappa shape index (κ2) is 8.90. The molecule has 0 radical (unpaired) electrons. The number of benzene rings is 2. The number of fused-ring (bicyclic) bond motifs is 1. The van der Waals surface area contributed by atoms with Gasteiger partial charge in [-0.25, -0.2) is 23.1 Å². The number of halogens is 2. The van der Waals surface area contributed by atoms with Crippen LogP contribution in [-0.4, -0.2) is 23.6 Å². The Morgan fingerprint density at radius 3 is 2.51 bits per heavy atom. The van der Waals surface area contributed by atoms with Gasteiger partial charge in [-0.2, -0.15) is 0 Å². The van der Waals surface area contributed by atoms with Crippen molar-refractivity contribution in [2.45, 2.75) is 44.7 Å². The van der Waals surface area contributed by atoms with Gasteiger partial charge in [0.15, 0.2) is 22.8 Å². The zero-order valence-corrected chi connectivity index (χ0v) is 18.6. The molecule has 0 bridgehead atoms. The van der Waals surface area contributed by atoms with E-state index in [1.54, 1.807) is 12.1 Å². The van der Waals surface area contributed by atoms with E-state index in [1.165, 1.54) is 33.7 Å². The molecule has 1 aliphatic carbocycles. The van der Waals surface area contributed by atoms with E-state index >= 15 is 0 Å². The molecule has 0 atom stereocenters. The van der Waals surface area contributed by atoms with Gasteiger partial charge in [0, 0.05) is 30.8 Å². The van der Waals surface area contributed by atoms with Crippen LogP contribution < -0.4 is 11.2 Å². The van der Waals surface area contributed by atoms with Crippen LogP contribution in [-0.2, 0) is 6.54 Å². The molecule has 2 aromatic heterocycles. The molecule has 180 valence electrons. The van der Waals surface area contributed by atoms with E-state index in [1.807, 2.05) is 0 Å². The quantitative estimate of drug-likeness (QED) is 0.315. The van der Waals surface area contributed by atoms with Crippen molar-refractivity contribution in [3.05, 3.63) is 96.9 Å². The van der Waals surface area contributed by atoms with Crippen LogP contribution in [0.4, 0.5) is 14.5 Å². The Bertz CT molecular complexity index is 1570. The highest BCUT2D eigenvalue weighted by Crippen LogP contribution is 2.27. The normalized spacial score (nSPS) is 14.5. The summed E-state index contributed by atoms with van der Waals surface area (Å²) >= 11 is 0. The van der Waals surface area contributed by atoms with Gasteiger partial charge in [-0.15, -0.1) is 0 Å². The van der Waals surface area contributed by atoms with Crippen LogP contribution in [0.3, 0.4) is 0 Å². The summed E-state index contributed by atoms with van der Waals surface area (Å²) in [5.41, 5.74) is -0.573. The number of aromatic nitrogens is 4. The number of non-ortho nitro benzene ring substituents is 1. The Hall–Kier alpha value is -4.15. The van der Waals surface area contributed by atoms with Crippen LogP contribution in [0.5, 0.6) is 0 Å². The Morgan fingerprint density at radius 1 is 1.03 bits per heavy atom. The number of hydrogen-bond donors (Lipinski definition) is 0. The number of nitrogens with zero attached hydrogens (tertiary/aromatic N) is 5. The molecule has 2 heterocycles. The van der Waals surface area contributed by atoms with E-state index in [4.69, 9.17) is 0 Å². The molecule has 11 heteroatoms. The lowest BCUT2D eigenvalue weighted by Crippen LogP contribution is -2.43. The fourth-order valence-electron chi connectivity index (χ4n) is 4.76. The summed E-state index contributed by atoms with van der Waals surface area (Å²) in [5, 5.41) is 11.2. The maximum absolute atomic E-state index is 14.1. The fraction of sp³-hybridized carbons (Fsp3) is 0.292. The maximum Gasteiger partial charge on any atom is 0.337 e. The zero-order valence-electron chi connectivity index (χ0n) is 18.6. The first-order valence-electron chi connectivity index (χ1n) is 11.3. The third-order valence-corrected chi connectivity index (χ3v) is 6.42. The van der Waals surface area contributed by atoms with Crippen molar-refractivity contribution in [2.75, 3.05) is 0 Å². The largest absolute Gasteiger partial charge is 0.337 e. The second-order valence-corrected chi connectivity index (χ2v) is 8.66. The van der Waals surface area contributed by atoms with Crippen LogP contribution in [0.1, 0.15) is 43.7 Å². The van der Waals surface area contributed by atoms with Gasteiger partial charge in [0.2, 0.25) is 0 Å². The Balaban J connectivity index is 1.75. The molecule has 1 saturated carbocycles. The number of nitro benzene ring substituents is 1. The molecule has 9 nitrogen and oxygen atoms in total. The monoisotopic (exact) mass is 481 g/mol. The van der Waals surface area contributed by atoms with E-state index in [0.29, 0.717) is 18.4 Å². The highest BCUT2D eigenvalue weighted by Gasteiger charge is 2.25. The number of rotatable bonds is 5. The van der Waals surface area contributed by atoms with Crippen molar-refractivity contribution >= 4 is 16.9 Å². The first kappa shape index (κ1) is 22.6. The van der Waals surface area contributed by atoms with Crippen LogP contribution in [0.15, 0.2) is 58.4 Å². The number of nitro groups is 1. The summed E-state index contributed by atoms with van der Waals surface area (Å²) in [6.45, 7) is 0.0913. The van der Waals surface area contributed by atoms with Crippen molar-refractivity contribution in [1.29, 1.82) is 0 Å². The minimum absolute atomic E-state index is 0.00324. The van der Waals surface area contributed by atoms with Gasteiger partial charge in [0.1, 0.15) is 0 Å². The lowest BCUT2D eigenvalue weighted by Gasteiger charge is -2.24. The highest BCUT2D eigenvalue weighted by atomic mass is 19.2. The third kappa shape index (κ3) is 4.02. The lowest BCUT2D eigenvalue weighted by atomic mass is 9.95. The number of hydrogen-bond acceptors (Lipinski definition) is 5. The van der Waals surface area contributed by atoms with Crippen molar-refractivity contribution in [2.24, 2.45) is 0 Å². The maximum atomic E-state index is 14.1. The van der Waals surface area contributed by atoms with Crippen LogP contribution in [0.25, 0.3) is 16.9 Å². The van der Waals surface area contributed by atoms with Gasteiger partial charge in [0.05, 0.1) is 16.9 Å². The average molecular weight is 481 g/mol. The van der Waals surface area contributed by atoms with Crippen molar-refractivity contribution in [3.8, 4) is 5.69 Å². The minimum Gasteiger partial charge on any atom is -0.320 e. The van der Waals surface area contributed by atoms with Gasteiger partial charge in [-0.1, -0.05) is 31.4 Å². The SMILES string of the molecule is O=c1c2c(ncn2Cc2cccc([N+](=O)[O-])c2)n(-c2ccc(F)c(F)c2)c(=O)n1C1CCCCC1. The molecule has 0 spiro atoms. The fourth-order valence-corrected chi connectivity index (χ4v) is 4.76. The van der Waals surface area contributed by atoms with Gasteiger partial charge in [-0.3, -0.25) is 19.5 Å². The summed E-state index contributed by atoms with van der Waals surface area (Å²) in [4.78, 5) is 42.2. The topological polar surface area (TPSA) is 105 Å². The van der Waals surface area contributed by atoms with Crippen LogP contribution in [0.2, 0.25) is 0 Å². The van der Waals surface area contributed by atoms with E-state index in [0.717, 1.165) is 36.0 Å². The smallest absolute Gasteiger partial charge is 0.320 e. The van der Waals surface area contributed by atoms with E-state index in [2.05, 4.69) is 4.98 Å². The molecule has 0 saturated heterocycles. The summed E-state index contributed by atoms with van der Waals surface area (Å²) < 4.78 is 31.5. The summed E-state index contributed by atoms with van der Waals surface area (Å²) in [7, 11) is 0. The molecule has 0 amide bonds. The first-order chi connectivity index (χ1) is 16.8. The zero-order chi connectivity index (χ0) is 24.7. The molecule has 5 rings (SSSR count). The minimum atomic E-state index is -1.13. The lowest BCUT2D eigenvalue weighted by molar-refractivity contribution is -0.384. The van der Waals surface area contributed by atoms with Crippen molar-refractivity contribution in [3.63, 3.8) is 0 Å².